The minimum Gasteiger partial charge on any atom is -0.384 e. The fraction of sp³-hybridized carbons (Fsp3) is 0.154. The Kier molecular flexibility index (Phi) is 3.91. The van der Waals surface area contributed by atoms with Gasteiger partial charge in [0, 0.05) is 22.4 Å². The molecule has 19 heavy (non-hydrogen) atoms. The van der Waals surface area contributed by atoms with Crippen molar-refractivity contribution in [3.8, 4) is 0 Å². The molecule has 100 valence electrons. The summed E-state index contributed by atoms with van der Waals surface area (Å²) in [7, 11) is 0. The van der Waals surface area contributed by atoms with Crippen molar-refractivity contribution in [2.45, 2.75) is 12.3 Å². The first-order valence-corrected chi connectivity index (χ1v) is 6.13. The lowest BCUT2D eigenvalue weighted by molar-refractivity contribution is -0.139. The lowest BCUT2D eigenvalue weighted by atomic mass is 9.97. The zero-order chi connectivity index (χ0) is 14.0. The maximum Gasteiger partial charge on any atom is 0.416 e. The van der Waals surface area contributed by atoms with Crippen LogP contribution in [0.4, 0.5) is 13.2 Å². The summed E-state index contributed by atoms with van der Waals surface area (Å²) in [4.78, 5) is 3.79. The number of aliphatic hydroxyl groups is 1. The Morgan fingerprint density at radius 2 is 1.95 bits per heavy atom. The van der Waals surface area contributed by atoms with E-state index in [0.717, 1.165) is 6.07 Å². The molecule has 0 amide bonds. The van der Waals surface area contributed by atoms with E-state index in [1.54, 1.807) is 6.07 Å². The first-order valence-electron chi connectivity index (χ1n) is 5.34. The molecular formula is C13H9BrF3NO. The van der Waals surface area contributed by atoms with Gasteiger partial charge in [-0.25, -0.2) is 0 Å². The topological polar surface area (TPSA) is 33.1 Å². The van der Waals surface area contributed by atoms with E-state index in [0.29, 0.717) is 10.0 Å². The maximum absolute atomic E-state index is 13.0. The van der Waals surface area contributed by atoms with E-state index in [1.807, 2.05) is 0 Å². The lowest BCUT2D eigenvalue weighted by Gasteiger charge is -2.18. The molecule has 2 rings (SSSR count). The number of benzene rings is 1. The number of rotatable bonds is 2. The number of hydrogen-bond acceptors (Lipinski definition) is 2. The minimum absolute atomic E-state index is 0.191. The first kappa shape index (κ1) is 14.0. The lowest BCUT2D eigenvalue weighted by Crippen LogP contribution is -2.13. The number of pyridine rings is 1. The summed E-state index contributed by atoms with van der Waals surface area (Å²) >= 11 is 3.00. The van der Waals surface area contributed by atoms with Crippen LogP contribution in [0.2, 0.25) is 0 Å². The van der Waals surface area contributed by atoms with E-state index in [2.05, 4.69) is 20.9 Å². The Hall–Kier alpha value is -1.40. The van der Waals surface area contributed by atoms with Gasteiger partial charge in [-0.2, -0.15) is 13.2 Å². The van der Waals surface area contributed by atoms with Crippen molar-refractivity contribution < 1.29 is 18.3 Å². The molecule has 0 saturated carbocycles. The average molecular weight is 332 g/mol. The van der Waals surface area contributed by atoms with Gasteiger partial charge in [0.25, 0.3) is 0 Å². The highest BCUT2D eigenvalue weighted by Gasteiger charge is 2.35. The summed E-state index contributed by atoms with van der Waals surface area (Å²) < 4.78 is 39.2. The Bertz CT molecular complexity index is 572. The average Bonchev–Trinajstić information content (AvgIpc) is 2.38. The quantitative estimate of drug-likeness (QED) is 0.904. The number of halogens is 4. The molecule has 0 aliphatic rings. The van der Waals surface area contributed by atoms with E-state index < -0.39 is 17.8 Å². The van der Waals surface area contributed by atoms with Crippen LogP contribution >= 0.6 is 15.9 Å². The second kappa shape index (κ2) is 5.30. The van der Waals surface area contributed by atoms with Gasteiger partial charge in [-0.15, -0.1) is 0 Å². The molecule has 2 aromatic rings. The van der Waals surface area contributed by atoms with Crippen LogP contribution in [0.25, 0.3) is 0 Å². The van der Waals surface area contributed by atoms with Crippen LogP contribution in [0.15, 0.2) is 47.2 Å². The van der Waals surface area contributed by atoms with Gasteiger partial charge < -0.3 is 5.11 Å². The second-order valence-corrected chi connectivity index (χ2v) is 4.83. The summed E-state index contributed by atoms with van der Waals surface area (Å²) in [6.07, 6.45) is -3.06. The van der Waals surface area contributed by atoms with Crippen molar-refractivity contribution in [1.82, 2.24) is 4.98 Å². The highest BCUT2D eigenvalue weighted by Crippen LogP contribution is 2.37. The predicted octanol–water partition coefficient (Wildman–Crippen LogP) is 3.94. The van der Waals surface area contributed by atoms with E-state index >= 15 is 0 Å². The van der Waals surface area contributed by atoms with Crippen molar-refractivity contribution in [3.05, 3.63) is 63.9 Å². The third-order valence-electron chi connectivity index (χ3n) is 2.62. The molecule has 1 atom stereocenters. The largest absolute Gasteiger partial charge is 0.416 e. The summed E-state index contributed by atoms with van der Waals surface area (Å²) in [6.45, 7) is 0. The van der Waals surface area contributed by atoms with Gasteiger partial charge in [-0.05, 0) is 23.8 Å². The maximum atomic E-state index is 13.0. The molecule has 2 nitrogen and oxygen atoms in total. The highest BCUT2D eigenvalue weighted by molar-refractivity contribution is 9.10. The van der Waals surface area contributed by atoms with E-state index in [4.69, 9.17) is 0 Å². The minimum atomic E-state index is -4.53. The third kappa shape index (κ3) is 3.13. The van der Waals surface area contributed by atoms with Crippen molar-refractivity contribution >= 4 is 15.9 Å². The van der Waals surface area contributed by atoms with Crippen LogP contribution in [0.1, 0.15) is 22.8 Å². The number of alkyl halides is 3. The van der Waals surface area contributed by atoms with Gasteiger partial charge in [0.1, 0.15) is 6.10 Å². The Balaban J connectivity index is 2.51. The first-order chi connectivity index (χ1) is 8.89. The second-order valence-electron chi connectivity index (χ2n) is 3.92. The van der Waals surface area contributed by atoms with E-state index in [1.165, 1.54) is 30.6 Å². The zero-order valence-electron chi connectivity index (χ0n) is 9.53. The molecule has 1 unspecified atom stereocenters. The van der Waals surface area contributed by atoms with Gasteiger partial charge in [-0.1, -0.05) is 28.1 Å². The number of nitrogens with zero attached hydrogens (tertiary/aromatic N) is 1. The van der Waals surface area contributed by atoms with Crippen LogP contribution in [0.3, 0.4) is 0 Å². The molecular weight excluding hydrogens is 323 g/mol. The molecule has 0 radical (unpaired) electrons. The van der Waals surface area contributed by atoms with Crippen molar-refractivity contribution in [2.75, 3.05) is 0 Å². The molecule has 0 aliphatic carbocycles. The molecule has 1 N–H and O–H groups in total. The molecule has 0 spiro atoms. The predicted molar refractivity (Wildman–Crippen MR) is 67.4 cm³/mol. The summed E-state index contributed by atoms with van der Waals surface area (Å²) in [6, 6.07) is 6.76. The summed E-state index contributed by atoms with van der Waals surface area (Å²) in [5.41, 5.74) is -0.739. The van der Waals surface area contributed by atoms with E-state index in [-0.39, 0.29) is 5.56 Å². The number of hydrogen-bond donors (Lipinski definition) is 1. The normalized spacial score (nSPS) is 13.3. The molecule has 1 heterocycles. The zero-order valence-corrected chi connectivity index (χ0v) is 11.1. The molecule has 1 aromatic carbocycles. The Morgan fingerprint density at radius 3 is 2.53 bits per heavy atom. The Labute approximate surface area is 116 Å². The standard InChI is InChI=1S/C13H9BrF3NO/c14-9-3-4-10(11(6-9)13(15,16)17)12(19)8-2-1-5-18-7-8/h1-7,12,19H. The fourth-order valence-corrected chi connectivity index (χ4v) is 2.09. The van der Waals surface area contributed by atoms with Crippen LogP contribution < -0.4 is 0 Å². The fourth-order valence-electron chi connectivity index (χ4n) is 1.73. The SMILES string of the molecule is OC(c1cccnc1)c1ccc(Br)cc1C(F)(F)F. The molecule has 0 aliphatic heterocycles. The Morgan fingerprint density at radius 1 is 1.21 bits per heavy atom. The van der Waals surface area contributed by atoms with Gasteiger partial charge in [0.2, 0.25) is 0 Å². The monoisotopic (exact) mass is 331 g/mol. The number of aliphatic hydroxyl groups excluding tert-OH is 1. The molecule has 6 heteroatoms. The molecule has 0 fully saturated rings. The third-order valence-corrected chi connectivity index (χ3v) is 3.11. The smallest absolute Gasteiger partial charge is 0.384 e. The van der Waals surface area contributed by atoms with Gasteiger partial charge >= 0.3 is 6.18 Å². The van der Waals surface area contributed by atoms with Gasteiger partial charge in [-0.3, -0.25) is 4.98 Å². The van der Waals surface area contributed by atoms with Gasteiger partial charge in [0.05, 0.1) is 5.56 Å². The van der Waals surface area contributed by atoms with Crippen LogP contribution in [0.5, 0.6) is 0 Å². The van der Waals surface area contributed by atoms with Crippen LogP contribution in [-0.2, 0) is 6.18 Å². The van der Waals surface area contributed by atoms with Crippen molar-refractivity contribution in [1.29, 1.82) is 0 Å². The number of aromatic nitrogens is 1. The molecule has 1 aromatic heterocycles. The van der Waals surface area contributed by atoms with Crippen molar-refractivity contribution in [2.24, 2.45) is 0 Å². The molecule has 0 bridgehead atoms. The van der Waals surface area contributed by atoms with Gasteiger partial charge in [0.15, 0.2) is 0 Å². The highest BCUT2D eigenvalue weighted by atomic mass is 79.9. The van der Waals surface area contributed by atoms with Crippen LogP contribution in [-0.4, -0.2) is 10.1 Å². The van der Waals surface area contributed by atoms with E-state index in [9.17, 15) is 18.3 Å². The summed E-state index contributed by atoms with van der Waals surface area (Å²) in [5, 5.41) is 10.1. The van der Waals surface area contributed by atoms with Crippen molar-refractivity contribution in [3.63, 3.8) is 0 Å². The summed E-state index contributed by atoms with van der Waals surface area (Å²) in [5.74, 6) is 0. The van der Waals surface area contributed by atoms with Crippen LogP contribution in [0, 0.1) is 0 Å². The molecule has 0 saturated heterocycles.